The van der Waals surface area contributed by atoms with E-state index in [1.54, 1.807) is 7.11 Å². The Labute approximate surface area is 217 Å². The van der Waals surface area contributed by atoms with Crippen molar-refractivity contribution in [1.29, 1.82) is 0 Å². The second-order valence-electron chi connectivity index (χ2n) is 10.3. The summed E-state index contributed by atoms with van der Waals surface area (Å²) in [5.74, 6) is 0.110. The molecule has 2 rings (SSSR count). The number of rotatable bonds is 16. The fourth-order valence-corrected chi connectivity index (χ4v) is 4.26. The number of aliphatic hydroxyl groups excluding tert-OH is 1. The Kier molecular flexibility index (Phi) is 13.1. The van der Waals surface area contributed by atoms with E-state index < -0.39 is 0 Å². The van der Waals surface area contributed by atoms with Gasteiger partial charge in [0, 0.05) is 19.2 Å². The van der Waals surface area contributed by atoms with Crippen LogP contribution in [0.2, 0.25) is 0 Å². The first kappa shape index (κ1) is 30.0. The van der Waals surface area contributed by atoms with E-state index >= 15 is 0 Å². The first-order chi connectivity index (χ1) is 17.3. The molecule has 0 aliphatic heterocycles. The monoisotopic (exact) mass is 499 g/mol. The van der Waals surface area contributed by atoms with Crippen LogP contribution in [-0.2, 0) is 37.6 Å². The van der Waals surface area contributed by atoms with Gasteiger partial charge in [0.25, 0.3) is 0 Å². The van der Waals surface area contributed by atoms with Crippen molar-refractivity contribution in [1.82, 2.24) is 0 Å². The highest BCUT2D eigenvalue weighted by atomic mass is 16.7. The van der Waals surface area contributed by atoms with Gasteiger partial charge in [-0.25, -0.2) is 0 Å². The molecule has 36 heavy (non-hydrogen) atoms. The predicted molar refractivity (Wildman–Crippen MR) is 145 cm³/mol. The molecule has 0 radical (unpaired) electrons. The lowest BCUT2D eigenvalue weighted by atomic mass is 9.85. The van der Waals surface area contributed by atoms with E-state index in [9.17, 15) is 9.90 Å². The van der Waals surface area contributed by atoms with Gasteiger partial charge < -0.3 is 24.6 Å². The topological polar surface area (TPSA) is 77.0 Å². The Balaban J connectivity index is 2.12. The van der Waals surface area contributed by atoms with E-state index in [2.05, 4.69) is 45.1 Å². The van der Waals surface area contributed by atoms with Gasteiger partial charge >= 0.3 is 0 Å². The fourth-order valence-electron chi connectivity index (χ4n) is 4.26. The SMILES string of the molecule is CCCCCC(CC(=O)Nc1cc(CO)ccc1C(C)(C)C)c1cccc(COCOCCOC)c1. The average molecular weight is 500 g/mol. The molecule has 0 aromatic heterocycles. The molecule has 6 nitrogen and oxygen atoms in total. The molecule has 1 atom stereocenters. The van der Waals surface area contributed by atoms with Crippen LogP contribution >= 0.6 is 0 Å². The van der Waals surface area contributed by atoms with Gasteiger partial charge in [0.05, 0.1) is 26.4 Å². The molecule has 2 aromatic carbocycles. The van der Waals surface area contributed by atoms with Crippen LogP contribution in [0.3, 0.4) is 0 Å². The number of unbranched alkanes of at least 4 members (excludes halogenated alkanes) is 2. The summed E-state index contributed by atoms with van der Waals surface area (Å²) in [6, 6.07) is 14.1. The molecule has 1 amide bonds. The quantitative estimate of drug-likeness (QED) is 0.209. The van der Waals surface area contributed by atoms with E-state index in [1.807, 2.05) is 30.3 Å². The molecule has 0 aliphatic carbocycles. The van der Waals surface area contributed by atoms with Crippen LogP contribution < -0.4 is 5.32 Å². The van der Waals surface area contributed by atoms with Crippen LogP contribution in [0.1, 0.15) is 88.0 Å². The number of nitrogens with one attached hydrogen (secondary N) is 1. The van der Waals surface area contributed by atoms with Gasteiger partial charge in [0.2, 0.25) is 5.91 Å². The average Bonchev–Trinajstić information content (AvgIpc) is 2.85. The molecule has 2 aromatic rings. The third-order valence-electron chi connectivity index (χ3n) is 6.23. The Hall–Kier alpha value is -2.25. The van der Waals surface area contributed by atoms with Crippen LogP contribution in [0.15, 0.2) is 42.5 Å². The summed E-state index contributed by atoms with van der Waals surface area (Å²) in [6.45, 7) is 10.2. The van der Waals surface area contributed by atoms with Gasteiger partial charge in [0.15, 0.2) is 0 Å². The van der Waals surface area contributed by atoms with Gasteiger partial charge in [0.1, 0.15) is 6.79 Å². The molecule has 200 valence electrons. The molecule has 0 saturated heterocycles. The molecule has 6 heteroatoms. The van der Waals surface area contributed by atoms with Crippen molar-refractivity contribution < 1.29 is 24.1 Å². The van der Waals surface area contributed by atoms with Crippen molar-refractivity contribution in [2.24, 2.45) is 0 Å². The van der Waals surface area contributed by atoms with E-state index in [0.29, 0.717) is 26.2 Å². The molecule has 0 saturated carbocycles. The van der Waals surface area contributed by atoms with Crippen LogP contribution in [0.4, 0.5) is 5.69 Å². The standard InChI is InChI=1S/C30H45NO5/c1-6-7-8-11-26(25-12-9-10-24(17-25)21-36-22-35-16-15-34-5)19-29(33)31-28-18-23(20-32)13-14-27(28)30(2,3)4/h9-10,12-14,17-18,26,32H,6-8,11,15-16,19-22H2,1-5H3,(H,31,33). The molecule has 0 spiro atoms. The lowest BCUT2D eigenvalue weighted by Crippen LogP contribution is -2.20. The maximum atomic E-state index is 13.3. The minimum Gasteiger partial charge on any atom is -0.392 e. The van der Waals surface area contributed by atoms with Gasteiger partial charge in [-0.05, 0) is 46.1 Å². The van der Waals surface area contributed by atoms with E-state index in [4.69, 9.17) is 14.2 Å². The molecule has 0 heterocycles. The van der Waals surface area contributed by atoms with E-state index in [0.717, 1.165) is 53.6 Å². The number of methoxy groups -OCH3 is 1. The van der Waals surface area contributed by atoms with Crippen molar-refractivity contribution >= 4 is 11.6 Å². The summed E-state index contributed by atoms with van der Waals surface area (Å²) in [4.78, 5) is 13.3. The van der Waals surface area contributed by atoms with Crippen LogP contribution in [0.5, 0.6) is 0 Å². The van der Waals surface area contributed by atoms with Crippen molar-refractivity contribution in [2.45, 2.75) is 84.3 Å². The third-order valence-corrected chi connectivity index (χ3v) is 6.23. The van der Waals surface area contributed by atoms with Gasteiger partial charge in [-0.3, -0.25) is 4.79 Å². The minimum atomic E-state index is -0.126. The Morgan fingerprint density at radius 2 is 1.83 bits per heavy atom. The Morgan fingerprint density at radius 3 is 2.53 bits per heavy atom. The van der Waals surface area contributed by atoms with Crippen LogP contribution in [-0.4, -0.2) is 38.1 Å². The number of hydrogen-bond acceptors (Lipinski definition) is 5. The number of ether oxygens (including phenoxy) is 3. The summed E-state index contributed by atoms with van der Waals surface area (Å²) >= 11 is 0. The normalized spacial score (nSPS) is 12.5. The van der Waals surface area contributed by atoms with E-state index in [-0.39, 0.29) is 30.6 Å². The van der Waals surface area contributed by atoms with Crippen molar-refractivity contribution in [3.05, 3.63) is 64.7 Å². The van der Waals surface area contributed by atoms with Gasteiger partial charge in [-0.2, -0.15) is 0 Å². The summed E-state index contributed by atoms with van der Waals surface area (Å²) < 4.78 is 16.0. The minimum absolute atomic E-state index is 0.00900. The molecule has 2 N–H and O–H groups in total. The second-order valence-corrected chi connectivity index (χ2v) is 10.3. The first-order valence-electron chi connectivity index (χ1n) is 13.1. The molecular formula is C30H45NO5. The summed E-state index contributed by atoms with van der Waals surface area (Å²) in [7, 11) is 1.64. The Morgan fingerprint density at radius 1 is 1.03 bits per heavy atom. The number of hydrogen-bond donors (Lipinski definition) is 2. The smallest absolute Gasteiger partial charge is 0.224 e. The number of carbonyl (C=O) groups is 1. The van der Waals surface area contributed by atoms with Crippen LogP contribution in [0, 0.1) is 0 Å². The van der Waals surface area contributed by atoms with Gasteiger partial charge in [-0.15, -0.1) is 0 Å². The zero-order chi connectivity index (χ0) is 26.4. The number of carbonyl (C=O) groups excluding carboxylic acids is 1. The van der Waals surface area contributed by atoms with Crippen molar-refractivity contribution in [3.63, 3.8) is 0 Å². The highest BCUT2D eigenvalue weighted by Crippen LogP contribution is 2.32. The number of anilines is 1. The molecule has 1 unspecified atom stereocenters. The molecular weight excluding hydrogens is 454 g/mol. The lowest BCUT2D eigenvalue weighted by Gasteiger charge is -2.24. The molecule has 0 bridgehead atoms. The summed E-state index contributed by atoms with van der Waals surface area (Å²) in [5, 5.41) is 12.8. The molecule has 0 fully saturated rings. The lowest BCUT2D eigenvalue weighted by molar-refractivity contribution is -0.116. The predicted octanol–water partition coefficient (Wildman–Crippen LogP) is 6.31. The largest absolute Gasteiger partial charge is 0.392 e. The maximum absolute atomic E-state index is 13.3. The number of aliphatic hydroxyl groups is 1. The fraction of sp³-hybridized carbons (Fsp3) is 0.567. The van der Waals surface area contributed by atoms with Crippen molar-refractivity contribution in [2.75, 3.05) is 32.4 Å². The summed E-state index contributed by atoms with van der Waals surface area (Å²) in [5.41, 5.74) is 4.72. The molecule has 0 aliphatic rings. The Bertz CT molecular complexity index is 922. The zero-order valence-corrected chi connectivity index (χ0v) is 22.8. The zero-order valence-electron chi connectivity index (χ0n) is 22.8. The second kappa shape index (κ2) is 15.8. The van der Waals surface area contributed by atoms with Crippen molar-refractivity contribution in [3.8, 4) is 0 Å². The highest BCUT2D eigenvalue weighted by Gasteiger charge is 2.22. The third kappa shape index (κ3) is 10.4. The number of amides is 1. The van der Waals surface area contributed by atoms with Crippen LogP contribution in [0.25, 0.3) is 0 Å². The first-order valence-corrected chi connectivity index (χ1v) is 13.1. The maximum Gasteiger partial charge on any atom is 0.224 e. The summed E-state index contributed by atoms with van der Waals surface area (Å²) in [6.07, 6.45) is 4.72. The van der Waals surface area contributed by atoms with Gasteiger partial charge in [-0.1, -0.05) is 83.4 Å². The van der Waals surface area contributed by atoms with E-state index in [1.165, 1.54) is 0 Å². The number of benzene rings is 2. The highest BCUT2D eigenvalue weighted by molar-refractivity contribution is 5.92.